The predicted molar refractivity (Wildman–Crippen MR) is 155 cm³/mol. The molecule has 0 aliphatic rings. The number of hydrogen-bond acceptors (Lipinski definition) is 5. The van der Waals surface area contributed by atoms with Gasteiger partial charge in [-0.1, -0.05) is 43.1 Å². The van der Waals surface area contributed by atoms with Gasteiger partial charge in [-0.15, -0.1) is 11.3 Å². The highest BCUT2D eigenvalue weighted by molar-refractivity contribution is 7.10. The molecule has 0 saturated heterocycles. The van der Waals surface area contributed by atoms with Crippen LogP contribution in [0.2, 0.25) is 10.0 Å². The van der Waals surface area contributed by atoms with E-state index in [2.05, 4.69) is 6.07 Å². The van der Waals surface area contributed by atoms with Crippen molar-refractivity contribution in [1.29, 1.82) is 0 Å². The normalized spacial score (nSPS) is 10.9. The summed E-state index contributed by atoms with van der Waals surface area (Å²) in [4.78, 5) is 31.7. The Bertz CT molecular complexity index is 1260. The van der Waals surface area contributed by atoms with Crippen molar-refractivity contribution >= 4 is 46.4 Å². The summed E-state index contributed by atoms with van der Waals surface area (Å²) in [5.74, 6) is 1.11. The van der Waals surface area contributed by atoms with Gasteiger partial charge < -0.3 is 19.3 Å². The fourth-order valence-electron chi connectivity index (χ4n) is 4.07. The van der Waals surface area contributed by atoms with Crippen LogP contribution in [0.1, 0.15) is 40.2 Å². The summed E-state index contributed by atoms with van der Waals surface area (Å²) in [7, 11) is 3.20. The zero-order valence-electron chi connectivity index (χ0n) is 22.4. The third kappa shape index (κ3) is 7.88. The van der Waals surface area contributed by atoms with Crippen molar-refractivity contribution in [1.82, 2.24) is 9.80 Å². The first-order valence-electron chi connectivity index (χ1n) is 12.4. The maximum atomic E-state index is 13.7. The number of ether oxygens (including phenoxy) is 2. The van der Waals surface area contributed by atoms with E-state index in [1.165, 1.54) is 0 Å². The number of carbonyl (C=O) groups excluding carboxylic acids is 2. The Balaban J connectivity index is 1.82. The summed E-state index contributed by atoms with van der Waals surface area (Å²) in [6.45, 7) is 7.45. The number of nitrogens with zero attached hydrogens (tertiary/aromatic N) is 2. The van der Waals surface area contributed by atoms with E-state index in [0.29, 0.717) is 53.2 Å². The second-order valence-corrected chi connectivity index (χ2v) is 11.3. The molecule has 1 aromatic heterocycles. The maximum absolute atomic E-state index is 13.7. The number of carbonyl (C=O) groups is 2. The molecular formula is C29H34Cl2N2O4S. The quantitative estimate of drug-likeness (QED) is 0.239. The average molecular weight is 578 g/mol. The van der Waals surface area contributed by atoms with Crippen molar-refractivity contribution in [3.63, 3.8) is 0 Å². The molecule has 3 aromatic rings. The molecule has 1 heterocycles. The van der Waals surface area contributed by atoms with Crippen LogP contribution in [0.5, 0.6) is 11.5 Å². The molecule has 9 heteroatoms. The van der Waals surface area contributed by atoms with E-state index in [4.69, 9.17) is 32.7 Å². The van der Waals surface area contributed by atoms with Crippen molar-refractivity contribution in [2.75, 3.05) is 33.9 Å². The first kappa shape index (κ1) is 29.8. The molecule has 0 radical (unpaired) electrons. The molecule has 0 aliphatic heterocycles. The Labute approximate surface area is 239 Å². The number of methoxy groups -OCH3 is 2. The van der Waals surface area contributed by atoms with E-state index in [1.807, 2.05) is 49.3 Å². The van der Waals surface area contributed by atoms with Gasteiger partial charge in [0, 0.05) is 23.5 Å². The lowest BCUT2D eigenvalue weighted by Crippen LogP contribution is -2.44. The second kappa shape index (κ2) is 13.9. The third-order valence-electron chi connectivity index (χ3n) is 6.14. The van der Waals surface area contributed by atoms with E-state index < -0.39 is 0 Å². The SMILES string of the molecule is COc1ccc(CCN(Cc2sccc2C)C(=O)CN(CC(C)C)C(=O)c2ccc(Cl)c(Cl)c2)cc1OC. The number of thiophene rings is 1. The molecule has 0 bridgehead atoms. The lowest BCUT2D eigenvalue weighted by Gasteiger charge is -2.29. The van der Waals surface area contributed by atoms with Gasteiger partial charge in [0.15, 0.2) is 11.5 Å². The van der Waals surface area contributed by atoms with Gasteiger partial charge >= 0.3 is 0 Å². The molecule has 0 N–H and O–H groups in total. The van der Waals surface area contributed by atoms with E-state index in [9.17, 15) is 9.59 Å². The van der Waals surface area contributed by atoms with Crippen LogP contribution in [0.15, 0.2) is 47.8 Å². The Hall–Kier alpha value is -2.74. The number of rotatable bonds is 12. The van der Waals surface area contributed by atoms with Gasteiger partial charge in [0.05, 0.1) is 30.8 Å². The van der Waals surface area contributed by atoms with E-state index in [1.54, 1.807) is 48.7 Å². The van der Waals surface area contributed by atoms with Gasteiger partial charge in [-0.3, -0.25) is 9.59 Å². The summed E-state index contributed by atoms with van der Waals surface area (Å²) in [5, 5.41) is 2.71. The summed E-state index contributed by atoms with van der Waals surface area (Å²) in [5.41, 5.74) is 2.57. The standard InChI is InChI=1S/C29H34Cl2N2O4S/c1-19(2)16-33(29(35)22-7-8-23(30)24(31)15-22)18-28(34)32(17-27-20(3)11-13-38-27)12-10-21-6-9-25(36-4)26(14-21)37-5/h6-9,11,13-15,19H,10,12,16-18H2,1-5H3. The highest BCUT2D eigenvalue weighted by Gasteiger charge is 2.24. The fourth-order valence-corrected chi connectivity index (χ4v) is 5.29. The molecule has 204 valence electrons. The minimum Gasteiger partial charge on any atom is -0.493 e. The maximum Gasteiger partial charge on any atom is 0.254 e. The Morgan fingerprint density at radius 3 is 2.29 bits per heavy atom. The summed E-state index contributed by atoms with van der Waals surface area (Å²) >= 11 is 13.8. The fraction of sp³-hybridized carbons (Fsp3) is 0.379. The average Bonchev–Trinajstić information content (AvgIpc) is 3.30. The monoisotopic (exact) mass is 576 g/mol. The van der Waals surface area contributed by atoms with Gasteiger partial charge in [-0.25, -0.2) is 0 Å². The van der Waals surface area contributed by atoms with Crippen LogP contribution in [0.3, 0.4) is 0 Å². The van der Waals surface area contributed by atoms with Crippen LogP contribution in [-0.4, -0.2) is 55.5 Å². The third-order valence-corrected chi connectivity index (χ3v) is 7.89. The lowest BCUT2D eigenvalue weighted by molar-refractivity contribution is -0.132. The first-order chi connectivity index (χ1) is 18.1. The molecule has 2 amide bonds. The van der Waals surface area contributed by atoms with Crippen LogP contribution in [0.25, 0.3) is 0 Å². The molecule has 6 nitrogen and oxygen atoms in total. The number of aryl methyl sites for hydroxylation is 1. The molecule has 0 unspecified atom stereocenters. The topological polar surface area (TPSA) is 59.1 Å². The Kier molecular flexibility index (Phi) is 10.9. The molecule has 0 spiro atoms. The van der Waals surface area contributed by atoms with Crippen molar-refractivity contribution < 1.29 is 19.1 Å². The Morgan fingerprint density at radius 1 is 0.947 bits per heavy atom. The summed E-state index contributed by atoms with van der Waals surface area (Å²) in [6.07, 6.45) is 0.626. The number of benzene rings is 2. The lowest BCUT2D eigenvalue weighted by atomic mass is 10.1. The molecule has 0 fully saturated rings. The highest BCUT2D eigenvalue weighted by Crippen LogP contribution is 2.28. The molecular weight excluding hydrogens is 543 g/mol. The van der Waals surface area contributed by atoms with Crippen LogP contribution < -0.4 is 9.47 Å². The number of halogens is 2. The second-order valence-electron chi connectivity index (χ2n) is 9.49. The van der Waals surface area contributed by atoms with Crippen LogP contribution in [0.4, 0.5) is 0 Å². The van der Waals surface area contributed by atoms with E-state index in [0.717, 1.165) is 16.0 Å². The van der Waals surface area contributed by atoms with Gasteiger partial charge in [0.2, 0.25) is 5.91 Å². The van der Waals surface area contributed by atoms with E-state index in [-0.39, 0.29) is 24.3 Å². The molecule has 0 saturated carbocycles. The number of hydrogen-bond donors (Lipinski definition) is 0. The molecule has 0 aliphatic carbocycles. The minimum atomic E-state index is -0.252. The highest BCUT2D eigenvalue weighted by atomic mass is 35.5. The zero-order chi connectivity index (χ0) is 27.8. The smallest absolute Gasteiger partial charge is 0.254 e. The molecule has 3 rings (SSSR count). The van der Waals surface area contributed by atoms with Crippen LogP contribution in [-0.2, 0) is 17.8 Å². The molecule has 38 heavy (non-hydrogen) atoms. The van der Waals surface area contributed by atoms with Crippen molar-refractivity contribution in [2.24, 2.45) is 5.92 Å². The van der Waals surface area contributed by atoms with E-state index >= 15 is 0 Å². The first-order valence-corrected chi connectivity index (χ1v) is 14.0. The van der Waals surface area contributed by atoms with Crippen molar-refractivity contribution in [2.45, 2.75) is 33.7 Å². The van der Waals surface area contributed by atoms with Gasteiger partial charge in [0.25, 0.3) is 5.91 Å². The van der Waals surface area contributed by atoms with Crippen LogP contribution in [0, 0.1) is 12.8 Å². The Morgan fingerprint density at radius 2 is 1.68 bits per heavy atom. The minimum absolute atomic E-state index is 0.0341. The zero-order valence-corrected chi connectivity index (χ0v) is 24.8. The van der Waals surface area contributed by atoms with Gasteiger partial charge in [-0.05, 0) is 72.2 Å². The van der Waals surface area contributed by atoms with Crippen molar-refractivity contribution in [3.05, 3.63) is 79.5 Å². The van der Waals surface area contributed by atoms with Crippen LogP contribution >= 0.6 is 34.5 Å². The molecule has 0 atom stereocenters. The largest absolute Gasteiger partial charge is 0.493 e. The van der Waals surface area contributed by atoms with Gasteiger partial charge in [0.1, 0.15) is 6.54 Å². The van der Waals surface area contributed by atoms with Crippen molar-refractivity contribution in [3.8, 4) is 11.5 Å². The summed E-state index contributed by atoms with van der Waals surface area (Å²) in [6, 6.07) is 12.6. The van der Waals surface area contributed by atoms with Gasteiger partial charge in [-0.2, -0.15) is 0 Å². The summed E-state index contributed by atoms with van der Waals surface area (Å²) < 4.78 is 10.8. The molecule has 2 aromatic carbocycles. The predicted octanol–water partition coefficient (Wildman–Crippen LogP) is 6.75. The number of amides is 2.